The smallest absolute Gasteiger partial charge is 0.191 e. The number of aliphatic imine (C=N–C) groups is 1. The summed E-state index contributed by atoms with van der Waals surface area (Å²) in [6, 6.07) is 4.09. The van der Waals surface area contributed by atoms with Crippen molar-refractivity contribution in [3.8, 4) is 0 Å². The Labute approximate surface area is 139 Å². The van der Waals surface area contributed by atoms with Crippen molar-refractivity contribution in [1.29, 1.82) is 0 Å². The van der Waals surface area contributed by atoms with Gasteiger partial charge in [0, 0.05) is 13.6 Å². The van der Waals surface area contributed by atoms with Gasteiger partial charge in [0.2, 0.25) is 0 Å². The van der Waals surface area contributed by atoms with E-state index in [4.69, 9.17) is 4.42 Å². The minimum Gasteiger partial charge on any atom is -0.464 e. The topological polar surface area (TPSA) is 49.6 Å². The SMILES string of the molecule is CCC(CC)CNC(=NC)NC(C)c1ccc(C)o1.I. The van der Waals surface area contributed by atoms with E-state index >= 15 is 0 Å². The Bertz CT molecular complexity index is 400. The van der Waals surface area contributed by atoms with Crippen LogP contribution < -0.4 is 10.6 Å². The fraction of sp³-hybridized carbons (Fsp3) is 0.667. The van der Waals surface area contributed by atoms with Crippen LogP contribution in [0.15, 0.2) is 21.5 Å². The van der Waals surface area contributed by atoms with Gasteiger partial charge >= 0.3 is 0 Å². The zero-order valence-electron chi connectivity index (χ0n) is 13.2. The molecule has 0 saturated heterocycles. The highest BCUT2D eigenvalue weighted by atomic mass is 127. The van der Waals surface area contributed by atoms with Crippen LogP contribution in [0.3, 0.4) is 0 Å². The summed E-state index contributed by atoms with van der Waals surface area (Å²) in [5.41, 5.74) is 0. The van der Waals surface area contributed by atoms with Crippen molar-refractivity contribution in [3.05, 3.63) is 23.7 Å². The number of nitrogens with one attached hydrogen (secondary N) is 2. The Kier molecular flexibility index (Phi) is 9.71. The van der Waals surface area contributed by atoms with E-state index in [9.17, 15) is 0 Å². The van der Waals surface area contributed by atoms with Gasteiger partial charge in [-0.3, -0.25) is 4.99 Å². The molecule has 0 bridgehead atoms. The lowest BCUT2D eigenvalue weighted by Gasteiger charge is -2.19. The minimum absolute atomic E-state index is 0. The van der Waals surface area contributed by atoms with Crippen LogP contribution in [0.2, 0.25) is 0 Å². The van der Waals surface area contributed by atoms with Crippen LogP contribution in [0.5, 0.6) is 0 Å². The first kappa shape index (κ1) is 19.3. The number of guanidine groups is 1. The Morgan fingerprint density at radius 2 is 1.95 bits per heavy atom. The largest absolute Gasteiger partial charge is 0.464 e. The molecule has 5 heteroatoms. The number of rotatable bonds is 6. The highest BCUT2D eigenvalue weighted by Crippen LogP contribution is 2.15. The molecule has 20 heavy (non-hydrogen) atoms. The fourth-order valence-electron chi connectivity index (χ4n) is 1.98. The molecule has 2 N–H and O–H groups in total. The summed E-state index contributed by atoms with van der Waals surface area (Å²) in [6.07, 6.45) is 2.38. The quantitative estimate of drug-likeness (QED) is 0.438. The zero-order chi connectivity index (χ0) is 14.3. The molecule has 0 radical (unpaired) electrons. The molecule has 1 rings (SSSR count). The maximum absolute atomic E-state index is 5.61. The molecule has 1 heterocycles. The number of hydrogen-bond donors (Lipinski definition) is 2. The van der Waals surface area contributed by atoms with Gasteiger partial charge in [-0.15, -0.1) is 24.0 Å². The number of halogens is 1. The highest BCUT2D eigenvalue weighted by molar-refractivity contribution is 14.0. The second kappa shape index (κ2) is 10.1. The molecule has 0 fully saturated rings. The van der Waals surface area contributed by atoms with Gasteiger partial charge in [-0.05, 0) is 31.9 Å². The first-order valence-electron chi connectivity index (χ1n) is 7.14. The van der Waals surface area contributed by atoms with Crippen LogP contribution in [0.4, 0.5) is 0 Å². The molecule has 0 aliphatic rings. The van der Waals surface area contributed by atoms with Crippen LogP contribution in [0, 0.1) is 12.8 Å². The second-order valence-electron chi connectivity index (χ2n) is 4.95. The first-order chi connectivity index (χ1) is 9.10. The Balaban J connectivity index is 0.00000361. The molecule has 0 aromatic carbocycles. The first-order valence-corrected chi connectivity index (χ1v) is 7.14. The van der Waals surface area contributed by atoms with E-state index in [1.54, 1.807) is 7.05 Å². The van der Waals surface area contributed by atoms with Gasteiger partial charge in [-0.2, -0.15) is 0 Å². The molecule has 1 atom stereocenters. The van der Waals surface area contributed by atoms with Gasteiger partial charge in [-0.1, -0.05) is 26.7 Å². The summed E-state index contributed by atoms with van der Waals surface area (Å²) < 4.78 is 5.61. The van der Waals surface area contributed by atoms with Crippen LogP contribution in [0.25, 0.3) is 0 Å². The monoisotopic (exact) mass is 393 g/mol. The number of hydrogen-bond acceptors (Lipinski definition) is 2. The maximum Gasteiger partial charge on any atom is 0.191 e. The Morgan fingerprint density at radius 3 is 2.40 bits per heavy atom. The molecule has 116 valence electrons. The van der Waals surface area contributed by atoms with Crippen molar-refractivity contribution in [3.63, 3.8) is 0 Å². The minimum atomic E-state index is 0. The van der Waals surface area contributed by atoms with Crippen molar-refractivity contribution in [2.75, 3.05) is 13.6 Å². The van der Waals surface area contributed by atoms with Crippen molar-refractivity contribution >= 4 is 29.9 Å². The standard InChI is InChI=1S/C15H27N3O.HI/c1-6-13(7-2)10-17-15(16-5)18-12(4)14-9-8-11(3)19-14;/h8-9,12-13H,6-7,10H2,1-5H3,(H2,16,17,18);1H. The van der Waals surface area contributed by atoms with Crippen molar-refractivity contribution in [2.45, 2.75) is 46.6 Å². The predicted octanol–water partition coefficient (Wildman–Crippen LogP) is 3.87. The lowest BCUT2D eigenvalue weighted by molar-refractivity contribution is 0.437. The number of furan rings is 1. The summed E-state index contributed by atoms with van der Waals surface area (Å²) in [4.78, 5) is 4.25. The average molecular weight is 393 g/mol. The van der Waals surface area contributed by atoms with Crippen LogP contribution >= 0.6 is 24.0 Å². The molecule has 1 aromatic heterocycles. The van der Waals surface area contributed by atoms with E-state index in [1.165, 1.54) is 12.8 Å². The lowest BCUT2D eigenvalue weighted by Crippen LogP contribution is -2.40. The summed E-state index contributed by atoms with van der Waals surface area (Å²) in [5, 5.41) is 6.72. The average Bonchev–Trinajstić information content (AvgIpc) is 2.85. The summed E-state index contributed by atoms with van der Waals surface area (Å²) >= 11 is 0. The number of nitrogens with zero attached hydrogens (tertiary/aromatic N) is 1. The number of aryl methyl sites for hydroxylation is 1. The van der Waals surface area contributed by atoms with Crippen molar-refractivity contribution in [1.82, 2.24) is 10.6 Å². The van der Waals surface area contributed by atoms with Gasteiger partial charge in [0.1, 0.15) is 11.5 Å². The Hall–Kier alpha value is -0.720. The molecule has 1 aromatic rings. The van der Waals surface area contributed by atoms with Gasteiger partial charge in [0.25, 0.3) is 0 Å². The summed E-state index contributed by atoms with van der Waals surface area (Å²) in [6.45, 7) is 9.43. The van der Waals surface area contributed by atoms with Crippen LogP contribution in [-0.4, -0.2) is 19.6 Å². The molecule has 0 amide bonds. The van der Waals surface area contributed by atoms with Crippen molar-refractivity contribution < 1.29 is 4.42 Å². The molecule has 0 saturated carbocycles. The Morgan fingerprint density at radius 1 is 1.30 bits per heavy atom. The third kappa shape index (κ3) is 6.15. The van der Waals surface area contributed by atoms with E-state index in [0.717, 1.165) is 24.0 Å². The zero-order valence-corrected chi connectivity index (χ0v) is 15.5. The van der Waals surface area contributed by atoms with Gasteiger partial charge in [0.05, 0.1) is 6.04 Å². The highest BCUT2D eigenvalue weighted by Gasteiger charge is 2.12. The van der Waals surface area contributed by atoms with E-state index in [0.29, 0.717) is 5.92 Å². The predicted molar refractivity (Wildman–Crippen MR) is 95.8 cm³/mol. The summed E-state index contributed by atoms with van der Waals surface area (Å²) in [5.74, 6) is 3.39. The molecule has 4 nitrogen and oxygen atoms in total. The van der Waals surface area contributed by atoms with Gasteiger partial charge < -0.3 is 15.1 Å². The van der Waals surface area contributed by atoms with Gasteiger partial charge in [0.15, 0.2) is 5.96 Å². The lowest BCUT2D eigenvalue weighted by atomic mass is 10.0. The van der Waals surface area contributed by atoms with E-state index in [2.05, 4.69) is 36.4 Å². The van der Waals surface area contributed by atoms with Crippen molar-refractivity contribution in [2.24, 2.45) is 10.9 Å². The second-order valence-corrected chi connectivity index (χ2v) is 4.95. The van der Waals surface area contributed by atoms with Gasteiger partial charge in [-0.25, -0.2) is 0 Å². The van der Waals surface area contributed by atoms with E-state index < -0.39 is 0 Å². The molecule has 0 aliphatic carbocycles. The third-order valence-electron chi connectivity index (χ3n) is 3.48. The van der Waals surface area contributed by atoms with E-state index in [-0.39, 0.29) is 30.0 Å². The fourth-order valence-corrected chi connectivity index (χ4v) is 1.98. The normalized spacial score (nSPS) is 13.0. The molecule has 0 spiro atoms. The van der Waals surface area contributed by atoms with E-state index in [1.807, 2.05) is 19.1 Å². The molecular weight excluding hydrogens is 365 g/mol. The summed E-state index contributed by atoms with van der Waals surface area (Å²) in [7, 11) is 1.79. The third-order valence-corrected chi connectivity index (χ3v) is 3.48. The van der Waals surface area contributed by atoms with Crippen LogP contribution in [0.1, 0.15) is 51.2 Å². The molecule has 0 aliphatic heterocycles. The maximum atomic E-state index is 5.61. The molecule has 1 unspecified atom stereocenters. The van der Waals surface area contributed by atoms with Crippen LogP contribution in [-0.2, 0) is 0 Å². The molecular formula is C15H28IN3O.